The third kappa shape index (κ3) is 2.10. The molecule has 4 heteroatoms. The summed E-state index contributed by atoms with van der Waals surface area (Å²) in [7, 11) is 1.85. The van der Waals surface area contributed by atoms with E-state index in [9.17, 15) is 0 Å². The highest BCUT2D eigenvalue weighted by Crippen LogP contribution is 2.20. The molecular weight excluding hydrogens is 188 g/mol. The highest BCUT2D eigenvalue weighted by Gasteiger charge is 2.03. The van der Waals surface area contributed by atoms with Gasteiger partial charge in [-0.1, -0.05) is 12.1 Å². The van der Waals surface area contributed by atoms with Gasteiger partial charge in [-0.05, 0) is 24.6 Å². The zero-order valence-corrected chi connectivity index (χ0v) is 8.86. The number of nitrogens with one attached hydrogen (secondary N) is 1. The molecule has 0 aliphatic rings. The number of nitrogens with two attached hydrogens (primary N) is 1. The second kappa shape index (κ2) is 3.65. The van der Waals surface area contributed by atoms with Crippen LogP contribution >= 0.6 is 0 Å². The van der Waals surface area contributed by atoms with Crippen molar-refractivity contribution in [3.63, 3.8) is 0 Å². The number of nitrogen functional groups attached to an aromatic ring is 1. The third-order valence-corrected chi connectivity index (χ3v) is 2.14. The Bertz CT molecular complexity index is 473. The number of benzene rings is 1. The van der Waals surface area contributed by atoms with Crippen LogP contribution < -0.4 is 11.1 Å². The highest BCUT2D eigenvalue weighted by atomic mass is 15.3. The quantitative estimate of drug-likeness (QED) is 0.783. The van der Waals surface area contributed by atoms with Gasteiger partial charge >= 0.3 is 0 Å². The molecule has 3 N–H and O–H groups in total. The first kappa shape index (κ1) is 9.58. The molecule has 0 unspecified atom stereocenters. The van der Waals surface area contributed by atoms with Crippen molar-refractivity contribution >= 4 is 17.2 Å². The summed E-state index contributed by atoms with van der Waals surface area (Å²) in [6.07, 6.45) is 1.78. The Hall–Kier alpha value is -1.97. The molecule has 78 valence electrons. The van der Waals surface area contributed by atoms with Gasteiger partial charge in [0.1, 0.15) is 0 Å². The molecule has 0 spiro atoms. The van der Waals surface area contributed by atoms with Crippen molar-refractivity contribution in [2.24, 2.45) is 7.05 Å². The van der Waals surface area contributed by atoms with Crippen molar-refractivity contribution in [1.29, 1.82) is 0 Å². The molecule has 0 radical (unpaired) electrons. The third-order valence-electron chi connectivity index (χ3n) is 2.14. The Labute approximate surface area is 88.7 Å². The van der Waals surface area contributed by atoms with Crippen LogP contribution in [0.5, 0.6) is 0 Å². The second-order valence-electron chi connectivity index (χ2n) is 3.60. The Kier molecular flexibility index (Phi) is 2.33. The number of anilines is 3. The maximum absolute atomic E-state index is 5.78. The number of aryl methyl sites for hydroxylation is 2. The van der Waals surface area contributed by atoms with E-state index in [-0.39, 0.29) is 0 Å². The maximum Gasteiger partial charge on any atom is 0.175 e. The first-order valence-corrected chi connectivity index (χ1v) is 4.78. The van der Waals surface area contributed by atoms with E-state index < -0.39 is 0 Å². The van der Waals surface area contributed by atoms with Gasteiger partial charge in [0.25, 0.3) is 0 Å². The molecule has 0 saturated heterocycles. The summed E-state index contributed by atoms with van der Waals surface area (Å²) in [6, 6.07) is 8.08. The SMILES string of the molecule is Cc1cccc(Nc2nn(C)cc2N)c1. The minimum Gasteiger partial charge on any atom is -0.394 e. The van der Waals surface area contributed by atoms with Crippen molar-refractivity contribution in [1.82, 2.24) is 9.78 Å². The van der Waals surface area contributed by atoms with Gasteiger partial charge in [0.2, 0.25) is 0 Å². The van der Waals surface area contributed by atoms with Crippen LogP contribution in [-0.4, -0.2) is 9.78 Å². The standard InChI is InChI=1S/C11H14N4/c1-8-4-3-5-9(6-8)13-11-10(12)7-15(2)14-11/h3-7H,12H2,1-2H3,(H,13,14). The maximum atomic E-state index is 5.78. The number of hydrogen-bond donors (Lipinski definition) is 2. The number of hydrogen-bond acceptors (Lipinski definition) is 3. The summed E-state index contributed by atoms with van der Waals surface area (Å²) >= 11 is 0. The van der Waals surface area contributed by atoms with Crippen molar-refractivity contribution in [3.05, 3.63) is 36.0 Å². The van der Waals surface area contributed by atoms with E-state index in [0.29, 0.717) is 11.5 Å². The molecule has 1 aromatic heterocycles. The highest BCUT2D eigenvalue weighted by molar-refractivity contribution is 5.68. The van der Waals surface area contributed by atoms with Crippen molar-refractivity contribution in [2.45, 2.75) is 6.92 Å². The van der Waals surface area contributed by atoms with Gasteiger partial charge in [-0.3, -0.25) is 4.68 Å². The van der Waals surface area contributed by atoms with E-state index >= 15 is 0 Å². The number of rotatable bonds is 2. The summed E-state index contributed by atoms with van der Waals surface area (Å²) in [5.74, 6) is 0.697. The van der Waals surface area contributed by atoms with E-state index in [4.69, 9.17) is 5.73 Å². The summed E-state index contributed by atoms with van der Waals surface area (Å²) in [5, 5.41) is 7.39. The summed E-state index contributed by atoms with van der Waals surface area (Å²) in [5.41, 5.74) is 8.64. The Morgan fingerprint density at radius 3 is 2.80 bits per heavy atom. The molecule has 1 heterocycles. The summed E-state index contributed by atoms with van der Waals surface area (Å²) < 4.78 is 1.69. The fraction of sp³-hybridized carbons (Fsp3) is 0.182. The zero-order chi connectivity index (χ0) is 10.8. The lowest BCUT2D eigenvalue weighted by atomic mass is 10.2. The average molecular weight is 202 g/mol. The van der Waals surface area contributed by atoms with E-state index in [2.05, 4.69) is 10.4 Å². The normalized spacial score (nSPS) is 10.3. The van der Waals surface area contributed by atoms with Crippen molar-refractivity contribution < 1.29 is 0 Å². The van der Waals surface area contributed by atoms with Crippen LogP contribution in [0, 0.1) is 6.92 Å². The molecule has 1 aromatic carbocycles. The van der Waals surface area contributed by atoms with Gasteiger partial charge in [-0.15, -0.1) is 0 Å². The molecule has 0 amide bonds. The first-order chi connectivity index (χ1) is 7.15. The van der Waals surface area contributed by atoms with Crippen LogP contribution in [0.2, 0.25) is 0 Å². The van der Waals surface area contributed by atoms with Gasteiger partial charge < -0.3 is 11.1 Å². The first-order valence-electron chi connectivity index (χ1n) is 4.78. The molecular formula is C11H14N4. The van der Waals surface area contributed by atoms with Crippen LogP contribution in [0.25, 0.3) is 0 Å². The average Bonchev–Trinajstić information content (AvgIpc) is 2.45. The Morgan fingerprint density at radius 1 is 1.40 bits per heavy atom. The largest absolute Gasteiger partial charge is 0.394 e. The number of nitrogens with zero attached hydrogens (tertiary/aromatic N) is 2. The lowest BCUT2D eigenvalue weighted by molar-refractivity contribution is 0.771. The second-order valence-corrected chi connectivity index (χ2v) is 3.60. The molecule has 0 fully saturated rings. The summed E-state index contributed by atoms with van der Waals surface area (Å²) in [6.45, 7) is 2.05. The van der Waals surface area contributed by atoms with Crippen molar-refractivity contribution in [3.8, 4) is 0 Å². The fourth-order valence-electron chi connectivity index (χ4n) is 1.46. The van der Waals surface area contributed by atoms with Gasteiger partial charge in [0.15, 0.2) is 5.82 Å². The predicted molar refractivity (Wildman–Crippen MR) is 62.1 cm³/mol. The monoisotopic (exact) mass is 202 g/mol. The van der Waals surface area contributed by atoms with Crippen LogP contribution in [0.15, 0.2) is 30.5 Å². The Balaban J connectivity index is 2.25. The topological polar surface area (TPSA) is 55.9 Å². The fourth-order valence-corrected chi connectivity index (χ4v) is 1.46. The van der Waals surface area contributed by atoms with Gasteiger partial charge in [0.05, 0.1) is 5.69 Å². The summed E-state index contributed by atoms with van der Waals surface area (Å²) in [4.78, 5) is 0. The molecule has 2 aromatic rings. The molecule has 0 aliphatic carbocycles. The zero-order valence-electron chi connectivity index (χ0n) is 8.86. The van der Waals surface area contributed by atoms with Crippen molar-refractivity contribution in [2.75, 3.05) is 11.1 Å². The molecule has 0 saturated carbocycles. The minimum atomic E-state index is 0.652. The molecule has 15 heavy (non-hydrogen) atoms. The molecule has 4 nitrogen and oxygen atoms in total. The van der Waals surface area contributed by atoms with E-state index in [1.165, 1.54) is 5.56 Å². The van der Waals surface area contributed by atoms with Crippen LogP contribution in [-0.2, 0) is 7.05 Å². The lowest BCUT2D eigenvalue weighted by Crippen LogP contribution is -1.95. The van der Waals surface area contributed by atoms with Gasteiger partial charge in [0, 0.05) is 18.9 Å². The molecule has 0 bridgehead atoms. The smallest absolute Gasteiger partial charge is 0.175 e. The molecule has 0 aliphatic heterocycles. The predicted octanol–water partition coefficient (Wildman–Crippen LogP) is 2.05. The van der Waals surface area contributed by atoms with E-state index in [0.717, 1.165) is 5.69 Å². The van der Waals surface area contributed by atoms with Crippen LogP contribution in [0.4, 0.5) is 17.2 Å². The Morgan fingerprint density at radius 2 is 2.20 bits per heavy atom. The lowest BCUT2D eigenvalue weighted by Gasteiger charge is -2.04. The van der Waals surface area contributed by atoms with Gasteiger partial charge in [-0.25, -0.2) is 0 Å². The minimum absolute atomic E-state index is 0.652. The number of aromatic nitrogens is 2. The molecule has 0 atom stereocenters. The molecule has 2 rings (SSSR count). The van der Waals surface area contributed by atoms with E-state index in [1.807, 2.05) is 38.2 Å². The van der Waals surface area contributed by atoms with Crippen LogP contribution in [0.1, 0.15) is 5.56 Å². The van der Waals surface area contributed by atoms with Gasteiger partial charge in [-0.2, -0.15) is 5.10 Å². The van der Waals surface area contributed by atoms with Crippen LogP contribution in [0.3, 0.4) is 0 Å². The van der Waals surface area contributed by atoms with E-state index in [1.54, 1.807) is 10.9 Å².